The molecule has 0 N–H and O–H groups in total. The summed E-state index contributed by atoms with van der Waals surface area (Å²) in [5.74, 6) is -0.105. The van der Waals surface area contributed by atoms with Crippen LogP contribution in [0, 0.1) is 0 Å². The molecule has 1 aliphatic rings. The van der Waals surface area contributed by atoms with Gasteiger partial charge in [-0.1, -0.05) is 6.07 Å². The SMILES string of the molecule is COCCCN(C)C(=O)c1ccc(B2OC(C)(C)C(C)(C)O2)cn1. The Labute approximate surface area is 144 Å². The predicted octanol–water partition coefficient (Wildman–Crippen LogP) is 1.49. The molecule has 6 nitrogen and oxygen atoms in total. The van der Waals surface area contributed by atoms with E-state index >= 15 is 0 Å². The van der Waals surface area contributed by atoms with Crippen molar-refractivity contribution >= 4 is 18.5 Å². The first kappa shape index (κ1) is 18.9. The fourth-order valence-corrected chi connectivity index (χ4v) is 2.39. The van der Waals surface area contributed by atoms with E-state index in [1.165, 1.54) is 0 Å². The Bertz CT molecular complexity index is 558. The molecule has 2 heterocycles. The lowest BCUT2D eigenvalue weighted by Crippen LogP contribution is -2.41. The minimum atomic E-state index is -0.467. The number of carbonyl (C=O) groups is 1. The van der Waals surface area contributed by atoms with Crippen LogP contribution in [0.1, 0.15) is 44.6 Å². The first-order valence-electron chi connectivity index (χ1n) is 8.24. The van der Waals surface area contributed by atoms with Crippen molar-refractivity contribution in [3.05, 3.63) is 24.0 Å². The molecule has 1 aromatic rings. The summed E-state index contributed by atoms with van der Waals surface area (Å²) in [6, 6.07) is 3.56. The number of hydrogen-bond acceptors (Lipinski definition) is 5. The standard InChI is InChI=1S/C17H27BN2O4/c1-16(2)17(3,4)24-18(23-16)13-8-9-14(19-12-13)15(21)20(5)10-7-11-22-6/h8-9,12H,7,10-11H2,1-6H3. The molecule has 1 amide bonds. The van der Waals surface area contributed by atoms with Crippen LogP contribution in [0.4, 0.5) is 0 Å². The molecule has 1 fully saturated rings. The number of aromatic nitrogens is 1. The van der Waals surface area contributed by atoms with E-state index in [0.29, 0.717) is 18.8 Å². The molecule has 0 bridgehead atoms. The highest BCUT2D eigenvalue weighted by molar-refractivity contribution is 6.62. The smallest absolute Gasteiger partial charge is 0.399 e. The van der Waals surface area contributed by atoms with E-state index in [9.17, 15) is 4.79 Å². The average molecular weight is 334 g/mol. The summed E-state index contributed by atoms with van der Waals surface area (Å²) in [6.07, 6.45) is 2.45. The van der Waals surface area contributed by atoms with E-state index in [2.05, 4.69) is 4.98 Å². The highest BCUT2D eigenvalue weighted by atomic mass is 16.7. The van der Waals surface area contributed by atoms with Crippen molar-refractivity contribution in [1.29, 1.82) is 0 Å². The molecule has 7 heteroatoms. The zero-order valence-corrected chi connectivity index (χ0v) is 15.5. The molecule has 132 valence electrons. The molecule has 0 aromatic carbocycles. The molecule has 0 spiro atoms. The van der Waals surface area contributed by atoms with E-state index in [4.69, 9.17) is 14.0 Å². The minimum Gasteiger partial charge on any atom is -0.399 e. The van der Waals surface area contributed by atoms with Gasteiger partial charge in [0.1, 0.15) is 5.69 Å². The highest BCUT2D eigenvalue weighted by Gasteiger charge is 2.51. The number of methoxy groups -OCH3 is 1. The largest absolute Gasteiger partial charge is 0.496 e. The van der Waals surface area contributed by atoms with Gasteiger partial charge in [0.05, 0.1) is 11.2 Å². The van der Waals surface area contributed by atoms with Gasteiger partial charge in [0.2, 0.25) is 0 Å². The second kappa shape index (κ2) is 7.21. The number of pyridine rings is 1. The highest BCUT2D eigenvalue weighted by Crippen LogP contribution is 2.36. The van der Waals surface area contributed by atoms with Crippen molar-refractivity contribution in [3.8, 4) is 0 Å². The van der Waals surface area contributed by atoms with Crippen molar-refractivity contribution in [2.45, 2.75) is 45.3 Å². The third kappa shape index (κ3) is 3.96. The van der Waals surface area contributed by atoms with Crippen molar-refractivity contribution in [1.82, 2.24) is 9.88 Å². The average Bonchev–Trinajstić information content (AvgIpc) is 2.75. The third-order valence-electron chi connectivity index (χ3n) is 4.72. The maximum absolute atomic E-state index is 12.3. The van der Waals surface area contributed by atoms with Crippen molar-refractivity contribution in [2.24, 2.45) is 0 Å². The van der Waals surface area contributed by atoms with Gasteiger partial charge in [-0.05, 0) is 40.2 Å². The van der Waals surface area contributed by atoms with Crippen LogP contribution in [-0.4, -0.2) is 61.4 Å². The van der Waals surface area contributed by atoms with Crippen LogP contribution in [0.5, 0.6) is 0 Å². The summed E-state index contributed by atoms with van der Waals surface area (Å²) >= 11 is 0. The van der Waals surface area contributed by atoms with Gasteiger partial charge in [-0.15, -0.1) is 0 Å². The quantitative estimate of drug-likeness (QED) is 0.583. The Kier molecular flexibility index (Phi) is 5.68. The molecule has 1 aromatic heterocycles. The summed E-state index contributed by atoms with van der Waals surface area (Å²) in [7, 11) is 2.95. The van der Waals surface area contributed by atoms with Gasteiger partial charge in [0.25, 0.3) is 5.91 Å². The molecule has 1 aliphatic heterocycles. The maximum atomic E-state index is 12.3. The Balaban J connectivity index is 2.02. The summed E-state index contributed by atoms with van der Waals surface area (Å²) < 4.78 is 17.0. The molecule has 2 rings (SSSR count). The predicted molar refractivity (Wildman–Crippen MR) is 93.4 cm³/mol. The van der Waals surface area contributed by atoms with Gasteiger partial charge in [-0.2, -0.15) is 0 Å². The molecular weight excluding hydrogens is 307 g/mol. The van der Waals surface area contributed by atoms with Gasteiger partial charge < -0.3 is 18.9 Å². The molecule has 24 heavy (non-hydrogen) atoms. The van der Waals surface area contributed by atoms with Crippen molar-refractivity contribution < 1.29 is 18.8 Å². The lowest BCUT2D eigenvalue weighted by Gasteiger charge is -2.32. The molecular formula is C17H27BN2O4. The summed E-state index contributed by atoms with van der Waals surface area (Å²) in [4.78, 5) is 18.3. The zero-order chi connectivity index (χ0) is 18.0. The number of amides is 1. The summed E-state index contributed by atoms with van der Waals surface area (Å²) in [5.41, 5.74) is 0.434. The monoisotopic (exact) mass is 334 g/mol. The van der Waals surface area contributed by atoms with Crippen LogP contribution >= 0.6 is 0 Å². The van der Waals surface area contributed by atoms with Gasteiger partial charge in [0, 0.05) is 39.0 Å². The topological polar surface area (TPSA) is 60.9 Å². The van der Waals surface area contributed by atoms with Gasteiger partial charge in [0.15, 0.2) is 0 Å². The molecule has 0 aliphatic carbocycles. The number of rotatable bonds is 6. The Morgan fingerprint density at radius 1 is 1.25 bits per heavy atom. The molecule has 0 unspecified atom stereocenters. The van der Waals surface area contributed by atoms with E-state index in [-0.39, 0.29) is 5.91 Å². The van der Waals surface area contributed by atoms with Crippen LogP contribution < -0.4 is 5.46 Å². The molecule has 0 radical (unpaired) electrons. The fourth-order valence-electron chi connectivity index (χ4n) is 2.39. The number of hydrogen-bond donors (Lipinski definition) is 0. The van der Waals surface area contributed by atoms with Crippen molar-refractivity contribution in [3.63, 3.8) is 0 Å². The number of nitrogens with zero attached hydrogens (tertiary/aromatic N) is 2. The van der Waals surface area contributed by atoms with Crippen LogP contribution in [-0.2, 0) is 14.0 Å². The van der Waals surface area contributed by atoms with Crippen molar-refractivity contribution in [2.75, 3.05) is 27.3 Å². The van der Waals surface area contributed by atoms with Gasteiger partial charge >= 0.3 is 7.12 Å². The second-order valence-corrected chi connectivity index (χ2v) is 7.14. The third-order valence-corrected chi connectivity index (χ3v) is 4.72. The van der Waals surface area contributed by atoms with Crippen LogP contribution in [0.25, 0.3) is 0 Å². The van der Waals surface area contributed by atoms with Crippen LogP contribution in [0.15, 0.2) is 18.3 Å². The first-order valence-corrected chi connectivity index (χ1v) is 8.24. The summed E-state index contributed by atoms with van der Waals surface area (Å²) in [6.45, 7) is 9.29. The first-order chi connectivity index (χ1) is 11.2. The molecule has 0 saturated carbocycles. The van der Waals surface area contributed by atoms with Crippen LogP contribution in [0.2, 0.25) is 0 Å². The Morgan fingerprint density at radius 3 is 2.38 bits per heavy atom. The normalized spacial score (nSPS) is 18.7. The summed E-state index contributed by atoms with van der Waals surface area (Å²) in [5, 5.41) is 0. The maximum Gasteiger partial charge on any atom is 0.496 e. The van der Waals surface area contributed by atoms with Gasteiger partial charge in [-0.25, -0.2) is 0 Å². The fraction of sp³-hybridized carbons (Fsp3) is 0.647. The second-order valence-electron chi connectivity index (χ2n) is 7.14. The molecule has 1 saturated heterocycles. The number of carbonyl (C=O) groups excluding carboxylic acids is 1. The van der Waals surface area contributed by atoms with Crippen LogP contribution in [0.3, 0.4) is 0 Å². The lowest BCUT2D eigenvalue weighted by molar-refractivity contribution is 0.00578. The zero-order valence-electron chi connectivity index (χ0n) is 15.5. The minimum absolute atomic E-state index is 0.105. The van der Waals surface area contributed by atoms with E-state index in [1.54, 1.807) is 31.3 Å². The van der Waals surface area contributed by atoms with E-state index < -0.39 is 18.3 Å². The van der Waals surface area contributed by atoms with E-state index in [0.717, 1.165) is 11.9 Å². The Morgan fingerprint density at radius 2 is 1.88 bits per heavy atom. The molecule has 0 atom stereocenters. The Hall–Kier alpha value is -1.44. The van der Waals surface area contributed by atoms with Gasteiger partial charge in [-0.3, -0.25) is 9.78 Å². The van der Waals surface area contributed by atoms with E-state index in [1.807, 2.05) is 33.8 Å². The lowest BCUT2D eigenvalue weighted by atomic mass is 9.80. The number of ether oxygens (including phenoxy) is 1.